The van der Waals surface area contributed by atoms with Crippen LogP contribution in [0.2, 0.25) is 0 Å². The number of pyridine rings is 1. The molecule has 0 saturated heterocycles. The SMILES string of the molecule is CCNC(CC(C)COC)c1cncc(OCC)c1. The van der Waals surface area contributed by atoms with Crippen LogP contribution < -0.4 is 10.1 Å². The average Bonchev–Trinajstić information content (AvgIpc) is 2.39. The zero-order valence-corrected chi connectivity index (χ0v) is 12.5. The fourth-order valence-electron chi connectivity index (χ4n) is 2.21. The molecule has 4 nitrogen and oxygen atoms in total. The molecule has 0 aromatic carbocycles. The van der Waals surface area contributed by atoms with Gasteiger partial charge in [-0.15, -0.1) is 0 Å². The minimum absolute atomic E-state index is 0.294. The summed E-state index contributed by atoms with van der Waals surface area (Å²) in [5, 5.41) is 3.51. The molecular formula is C15H26N2O2. The van der Waals surface area contributed by atoms with Crippen molar-refractivity contribution in [2.45, 2.75) is 33.2 Å². The number of aromatic nitrogens is 1. The van der Waals surface area contributed by atoms with Gasteiger partial charge in [0.05, 0.1) is 12.8 Å². The summed E-state index contributed by atoms with van der Waals surface area (Å²) < 4.78 is 10.7. The van der Waals surface area contributed by atoms with Crippen LogP contribution in [0.3, 0.4) is 0 Å². The van der Waals surface area contributed by atoms with Crippen molar-refractivity contribution in [2.75, 3.05) is 26.9 Å². The van der Waals surface area contributed by atoms with Crippen molar-refractivity contribution in [1.29, 1.82) is 0 Å². The van der Waals surface area contributed by atoms with Crippen molar-refractivity contribution in [3.63, 3.8) is 0 Å². The first-order valence-electron chi connectivity index (χ1n) is 7.01. The molecule has 4 heteroatoms. The van der Waals surface area contributed by atoms with Gasteiger partial charge in [0, 0.05) is 26.0 Å². The quantitative estimate of drug-likeness (QED) is 0.746. The Morgan fingerprint density at radius 2 is 2.11 bits per heavy atom. The predicted molar refractivity (Wildman–Crippen MR) is 77.5 cm³/mol. The second kappa shape index (κ2) is 8.88. The molecule has 0 aliphatic rings. The van der Waals surface area contributed by atoms with Gasteiger partial charge in [-0.25, -0.2) is 0 Å². The highest BCUT2D eigenvalue weighted by Gasteiger charge is 2.15. The maximum Gasteiger partial charge on any atom is 0.137 e. The molecule has 0 saturated carbocycles. The molecule has 1 heterocycles. The van der Waals surface area contributed by atoms with Crippen LogP contribution in [-0.4, -0.2) is 31.9 Å². The first-order valence-corrected chi connectivity index (χ1v) is 7.01. The highest BCUT2D eigenvalue weighted by molar-refractivity contribution is 5.26. The lowest BCUT2D eigenvalue weighted by Gasteiger charge is -2.22. The Kier molecular flexibility index (Phi) is 7.45. The van der Waals surface area contributed by atoms with Gasteiger partial charge in [-0.2, -0.15) is 0 Å². The minimum Gasteiger partial charge on any atom is -0.492 e. The molecule has 0 spiro atoms. The molecule has 0 fully saturated rings. The third-order valence-corrected chi connectivity index (χ3v) is 2.99. The lowest BCUT2D eigenvalue weighted by Crippen LogP contribution is -2.24. The van der Waals surface area contributed by atoms with Crippen molar-refractivity contribution in [3.8, 4) is 5.75 Å². The van der Waals surface area contributed by atoms with Gasteiger partial charge in [0.1, 0.15) is 5.75 Å². The van der Waals surface area contributed by atoms with Gasteiger partial charge in [0.2, 0.25) is 0 Å². The van der Waals surface area contributed by atoms with Crippen molar-refractivity contribution in [2.24, 2.45) is 5.92 Å². The van der Waals surface area contributed by atoms with Gasteiger partial charge in [-0.1, -0.05) is 13.8 Å². The molecule has 0 bridgehead atoms. The summed E-state index contributed by atoms with van der Waals surface area (Å²) in [4.78, 5) is 4.26. The summed E-state index contributed by atoms with van der Waals surface area (Å²) >= 11 is 0. The molecule has 2 unspecified atom stereocenters. The second-order valence-electron chi connectivity index (χ2n) is 4.79. The minimum atomic E-state index is 0.294. The van der Waals surface area contributed by atoms with E-state index in [-0.39, 0.29) is 0 Å². The number of methoxy groups -OCH3 is 1. The molecule has 19 heavy (non-hydrogen) atoms. The van der Waals surface area contributed by atoms with E-state index in [2.05, 4.69) is 30.2 Å². The molecule has 1 N–H and O–H groups in total. The monoisotopic (exact) mass is 266 g/mol. The van der Waals surface area contributed by atoms with E-state index in [4.69, 9.17) is 9.47 Å². The topological polar surface area (TPSA) is 43.4 Å². The molecule has 0 aliphatic carbocycles. The van der Waals surface area contributed by atoms with E-state index in [9.17, 15) is 0 Å². The highest BCUT2D eigenvalue weighted by Crippen LogP contribution is 2.24. The van der Waals surface area contributed by atoms with Crippen molar-refractivity contribution < 1.29 is 9.47 Å². The largest absolute Gasteiger partial charge is 0.492 e. The number of hydrogen-bond acceptors (Lipinski definition) is 4. The predicted octanol–water partition coefficient (Wildman–Crippen LogP) is 2.80. The van der Waals surface area contributed by atoms with Crippen LogP contribution in [-0.2, 0) is 4.74 Å². The summed E-state index contributed by atoms with van der Waals surface area (Å²) in [6.45, 7) is 8.68. The lowest BCUT2D eigenvalue weighted by molar-refractivity contribution is 0.149. The molecule has 108 valence electrons. The lowest BCUT2D eigenvalue weighted by atomic mass is 9.97. The van der Waals surface area contributed by atoms with Crippen LogP contribution in [0.5, 0.6) is 5.75 Å². The first-order chi connectivity index (χ1) is 9.21. The van der Waals surface area contributed by atoms with E-state index in [0.717, 1.165) is 25.3 Å². The van der Waals surface area contributed by atoms with Crippen LogP contribution >= 0.6 is 0 Å². The molecule has 0 amide bonds. The summed E-state index contributed by atoms with van der Waals surface area (Å²) in [5.41, 5.74) is 1.18. The van der Waals surface area contributed by atoms with Crippen molar-refractivity contribution >= 4 is 0 Å². The fourth-order valence-corrected chi connectivity index (χ4v) is 2.21. The van der Waals surface area contributed by atoms with Gasteiger partial charge in [0.15, 0.2) is 0 Å². The van der Waals surface area contributed by atoms with Gasteiger partial charge in [0.25, 0.3) is 0 Å². The first kappa shape index (κ1) is 15.9. The Balaban J connectivity index is 2.76. The number of ether oxygens (including phenoxy) is 2. The van der Waals surface area contributed by atoms with Crippen LogP contribution in [0.1, 0.15) is 38.8 Å². The maximum absolute atomic E-state index is 5.51. The maximum atomic E-state index is 5.51. The van der Waals surface area contributed by atoms with E-state index in [1.807, 2.05) is 13.1 Å². The molecule has 2 atom stereocenters. The highest BCUT2D eigenvalue weighted by atomic mass is 16.5. The number of hydrogen-bond donors (Lipinski definition) is 1. The van der Waals surface area contributed by atoms with Crippen LogP contribution in [0, 0.1) is 5.92 Å². The fraction of sp³-hybridized carbons (Fsp3) is 0.667. The zero-order valence-electron chi connectivity index (χ0n) is 12.5. The van der Waals surface area contributed by atoms with Crippen LogP contribution in [0.4, 0.5) is 0 Å². The molecule has 0 radical (unpaired) electrons. The van der Waals surface area contributed by atoms with E-state index >= 15 is 0 Å². The summed E-state index contributed by atoms with van der Waals surface area (Å²) in [7, 11) is 1.75. The van der Waals surface area contributed by atoms with Crippen LogP contribution in [0.25, 0.3) is 0 Å². The summed E-state index contributed by atoms with van der Waals surface area (Å²) in [6, 6.07) is 2.37. The van der Waals surface area contributed by atoms with Crippen LogP contribution in [0.15, 0.2) is 18.5 Å². The van der Waals surface area contributed by atoms with E-state index in [1.165, 1.54) is 5.56 Å². The Hall–Kier alpha value is -1.13. The molecule has 1 rings (SSSR count). The standard InChI is InChI=1S/C15H26N2O2/c1-5-17-15(7-12(3)11-18-4)13-8-14(19-6-2)10-16-9-13/h8-10,12,15,17H,5-7,11H2,1-4H3. The van der Waals surface area contributed by atoms with E-state index in [0.29, 0.717) is 18.6 Å². The Labute approximate surface area is 116 Å². The average molecular weight is 266 g/mol. The molecule has 1 aromatic rings. The number of nitrogens with zero attached hydrogens (tertiary/aromatic N) is 1. The molecule has 1 aromatic heterocycles. The zero-order chi connectivity index (χ0) is 14.1. The van der Waals surface area contributed by atoms with Gasteiger partial charge < -0.3 is 14.8 Å². The normalized spacial score (nSPS) is 14.1. The van der Waals surface area contributed by atoms with E-state index < -0.39 is 0 Å². The Bertz CT molecular complexity index is 358. The van der Waals surface area contributed by atoms with Gasteiger partial charge in [-0.3, -0.25) is 4.98 Å². The molecule has 0 aliphatic heterocycles. The van der Waals surface area contributed by atoms with Crippen molar-refractivity contribution in [1.82, 2.24) is 10.3 Å². The number of nitrogens with one attached hydrogen (secondary N) is 1. The van der Waals surface area contributed by atoms with Crippen molar-refractivity contribution in [3.05, 3.63) is 24.0 Å². The third-order valence-electron chi connectivity index (χ3n) is 2.99. The van der Waals surface area contributed by atoms with E-state index in [1.54, 1.807) is 13.3 Å². The third kappa shape index (κ3) is 5.57. The summed E-state index contributed by atoms with van der Waals surface area (Å²) in [6.07, 6.45) is 4.70. The van der Waals surface area contributed by atoms with Gasteiger partial charge >= 0.3 is 0 Å². The Morgan fingerprint density at radius 3 is 2.74 bits per heavy atom. The second-order valence-corrected chi connectivity index (χ2v) is 4.79. The number of rotatable bonds is 9. The van der Waals surface area contributed by atoms with Gasteiger partial charge in [-0.05, 0) is 37.4 Å². The molecular weight excluding hydrogens is 240 g/mol. The Morgan fingerprint density at radius 1 is 1.32 bits per heavy atom. The summed E-state index contributed by atoms with van der Waals surface area (Å²) in [5.74, 6) is 1.34. The smallest absolute Gasteiger partial charge is 0.137 e.